The highest BCUT2D eigenvalue weighted by atomic mass is 16.4. The van der Waals surface area contributed by atoms with E-state index in [-0.39, 0.29) is 0 Å². The van der Waals surface area contributed by atoms with Crippen LogP contribution in [-0.2, 0) is 19.2 Å². The Labute approximate surface area is 76.3 Å². The zero-order valence-electron chi connectivity index (χ0n) is 6.58. The van der Waals surface area contributed by atoms with E-state index in [9.17, 15) is 0 Å². The molecule has 0 atom stereocenters. The number of carboxylic acid groups (broad SMARTS) is 4. The third-order valence-corrected chi connectivity index (χ3v) is 0.366. The summed E-state index contributed by atoms with van der Waals surface area (Å²) in [5.74, 6) is 0.704. The molecular weight excluding hydrogens is 204 g/mol. The standard InChI is InChI=1S/2C2H2O4.H4N2/c2*3-1(4)2(5)6;1-2/h2*(H,3,4)(H,5,6);1-2H2. The molecule has 0 bridgehead atoms. The van der Waals surface area contributed by atoms with Crippen molar-refractivity contribution in [2.75, 3.05) is 0 Å². The van der Waals surface area contributed by atoms with Crippen molar-refractivity contribution in [2.24, 2.45) is 11.7 Å². The second-order valence-electron chi connectivity index (χ2n) is 1.22. The van der Waals surface area contributed by atoms with Crippen molar-refractivity contribution in [3.63, 3.8) is 0 Å². The predicted molar refractivity (Wildman–Crippen MR) is 38.9 cm³/mol. The molecule has 0 aromatic carbocycles. The highest BCUT2D eigenvalue weighted by Crippen LogP contribution is 1.56. The predicted octanol–water partition coefficient (Wildman–Crippen LogP) is -2.87. The lowest BCUT2D eigenvalue weighted by Gasteiger charge is -1.72. The first-order chi connectivity index (χ1) is 6.29. The van der Waals surface area contributed by atoms with E-state index in [0.29, 0.717) is 0 Å². The van der Waals surface area contributed by atoms with E-state index in [4.69, 9.17) is 39.6 Å². The van der Waals surface area contributed by atoms with Gasteiger partial charge in [0.1, 0.15) is 0 Å². The number of rotatable bonds is 0. The fourth-order valence-electron chi connectivity index (χ4n) is 0. The minimum atomic E-state index is -1.82. The van der Waals surface area contributed by atoms with Gasteiger partial charge in [-0.1, -0.05) is 0 Å². The molecule has 8 N–H and O–H groups in total. The molecule has 0 saturated heterocycles. The Morgan fingerprint density at radius 3 is 0.643 bits per heavy atom. The quantitative estimate of drug-likeness (QED) is 0.137. The molecule has 0 radical (unpaired) electrons. The summed E-state index contributed by atoms with van der Waals surface area (Å²) in [4.78, 5) is 36.4. The average Bonchev–Trinajstić information content (AvgIpc) is 2.08. The van der Waals surface area contributed by atoms with E-state index in [1.165, 1.54) is 0 Å². The lowest BCUT2D eigenvalue weighted by atomic mass is 10.7. The van der Waals surface area contributed by atoms with Crippen LogP contribution in [0.3, 0.4) is 0 Å². The van der Waals surface area contributed by atoms with Gasteiger partial charge in [-0.25, -0.2) is 19.2 Å². The van der Waals surface area contributed by atoms with Crippen molar-refractivity contribution in [1.29, 1.82) is 0 Å². The minimum absolute atomic E-state index is 1.82. The van der Waals surface area contributed by atoms with E-state index < -0.39 is 23.9 Å². The maximum absolute atomic E-state index is 9.10. The van der Waals surface area contributed by atoms with Crippen LogP contribution in [0.2, 0.25) is 0 Å². The van der Waals surface area contributed by atoms with Gasteiger partial charge in [0, 0.05) is 0 Å². The maximum Gasteiger partial charge on any atom is 0.414 e. The molecule has 0 aromatic rings. The molecule has 0 unspecified atom stereocenters. The van der Waals surface area contributed by atoms with Gasteiger partial charge in [-0.2, -0.15) is 0 Å². The van der Waals surface area contributed by atoms with Crippen LogP contribution in [0.1, 0.15) is 0 Å². The van der Waals surface area contributed by atoms with Gasteiger partial charge in [0.25, 0.3) is 0 Å². The third-order valence-electron chi connectivity index (χ3n) is 0.366. The summed E-state index contributed by atoms with van der Waals surface area (Å²) < 4.78 is 0. The zero-order chi connectivity index (χ0) is 12.3. The van der Waals surface area contributed by atoms with Crippen molar-refractivity contribution in [1.82, 2.24) is 0 Å². The summed E-state index contributed by atoms with van der Waals surface area (Å²) in [6.07, 6.45) is 0. The van der Waals surface area contributed by atoms with Crippen molar-refractivity contribution < 1.29 is 39.6 Å². The van der Waals surface area contributed by atoms with E-state index in [2.05, 4.69) is 11.7 Å². The smallest absolute Gasteiger partial charge is 0.414 e. The summed E-state index contributed by atoms with van der Waals surface area (Å²) in [5.41, 5.74) is 0. The Hall–Kier alpha value is -2.20. The van der Waals surface area contributed by atoms with Crippen LogP contribution in [0.15, 0.2) is 0 Å². The van der Waals surface area contributed by atoms with Crippen molar-refractivity contribution in [3.8, 4) is 0 Å². The lowest BCUT2D eigenvalue weighted by molar-refractivity contribution is -0.159. The molecule has 0 spiro atoms. The Balaban J connectivity index is -0.000000147. The number of hydrogen-bond acceptors (Lipinski definition) is 6. The van der Waals surface area contributed by atoms with Gasteiger partial charge >= 0.3 is 23.9 Å². The SMILES string of the molecule is NN.O=C(O)C(=O)O.O=C(O)C(=O)O. The first-order valence-corrected chi connectivity index (χ1v) is 2.54. The van der Waals surface area contributed by atoms with Gasteiger partial charge in [-0.15, -0.1) is 0 Å². The van der Waals surface area contributed by atoms with Gasteiger partial charge in [-0.3, -0.25) is 11.7 Å². The number of hydrazine groups is 1. The van der Waals surface area contributed by atoms with Crippen LogP contribution < -0.4 is 11.7 Å². The van der Waals surface area contributed by atoms with Gasteiger partial charge in [-0.05, 0) is 0 Å². The second-order valence-corrected chi connectivity index (χ2v) is 1.22. The summed E-state index contributed by atoms with van der Waals surface area (Å²) in [6.45, 7) is 0. The normalized spacial score (nSPS) is 6.71. The van der Waals surface area contributed by atoms with Gasteiger partial charge in [0.05, 0.1) is 0 Å². The van der Waals surface area contributed by atoms with Crippen molar-refractivity contribution >= 4 is 23.9 Å². The summed E-state index contributed by atoms with van der Waals surface area (Å²) >= 11 is 0. The first kappa shape index (κ1) is 17.8. The zero-order valence-corrected chi connectivity index (χ0v) is 6.58. The Kier molecular flexibility index (Phi) is 13.7. The molecule has 0 aliphatic heterocycles. The third kappa shape index (κ3) is 22.6. The van der Waals surface area contributed by atoms with E-state index in [1.54, 1.807) is 0 Å². The Morgan fingerprint density at radius 2 is 0.643 bits per heavy atom. The largest absolute Gasteiger partial charge is 0.473 e. The van der Waals surface area contributed by atoms with Crippen LogP contribution >= 0.6 is 0 Å². The van der Waals surface area contributed by atoms with Crippen LogP contribution in [0.25, 0.3) is 0 Å². The van der Waals surface area contributed by atoms with Crippen LogP contribution in [0.4, 0.5) is 0 Å². The fourth-order valence-corrected chi connectivity index (χ4v) is 0. The summed E-state index contributed by atoms with van der Waals surface area (Å²) in [6, 6.07) is 0. The fraction of sp³-hybridized carbons (Fsp3) is 0. The highest BCUT2D eigenvalue weighted by molar-refractivity contribution is 6.27. The molecule has 0 heterocycles. The minimum Gasteiger partial charge on any atom is -0.473 e. The van der Waals surface area contributed by atoms with Crippen LogP contribution in [0, 0.1) is 0 Å². The molecule has 0 fully saturated rings. The van der Waals surface area contributed by atoms with Crippen molar-refractivity contribution in [2.45, 2.75) is 0 Å². The summed E-state index contributed by atoms with van der Waals surface area (Å²) in [7, 11) is 0. The Morgan fingerprint density at radius 1 is 0.571 bits per heavy atom. The first-order valence-electron chi connectivity index (χ1n) is 2.54. The molecule has 10 nitrogen and oxygen atoms in total. The topological polar surface area (TPSA) is 201 Å². The van der Waals surface area contributed by atoms with E-state index in [0.717, 1.165) is 0 Å². The van der Waals surface area contributed by atoms with Gasteiger partial charge in [0.15, 0.2) is 0 Å². The van der Waals surface area contributed by atoms with Gasteiger partial charge < -0.3 is 20.4 Å². The molecule has 14 heavy (non-hydrogen) atoms. The molecule has 0 aliphatic rings. The van der Waals surface area contributed by atoms with Crippen molar-refractivity contribution in [3.05, 3.63) is 0 Å². The molecule has 0 rings (SSSR count). The average molecular weight is 212 g/mol. The lowest BCUT2D eigenvalue weighted by Crippen LogP contribution is -2.09. The molecule has 82 valence electrons. The van der Waals surface area contributed by atoms with Crippen LogP contribution in [0.5, 0.6) is 0 Å². The highest BCUT2D eigenvalue weighted by Gasteiger charge is 2.04. The number of aliphatic carboxylic acids is 4. The molecule has 0 saturated carbocycles. The Bertz CT molecular complexity index is 175. The van der Waals surface area contributed by atoms with Crippen LogP contribution in [-0.4, -0.2) is 44.3 Å². The number of hydrogen-bond donors (Lipinski definition) is 6. The molecule has 10 heteroatoms. The monoisotopic (exact) mass is 212 g/mol. The van der Waals surface area contributed by atoms with E-state index in [1.807, 2.05) is 0 Å². The van der Waals surface area contributed by atoms with E-state index >= 15 is 0 Å². The number of carbonyl (C=O) groups is 4. The number of nitrogens with two attached hydrogens (primary N) is 2. The van der Waals surface area contributed by atoms with Gasteiger partial charge in [0.2, 0.25) is 0 Å². The number of carboxylic acids is 4. The second kappa shape index (κ2) is 10.8. The molecule has 0 amide bonds. The molecule has 0 aromatic heterocycles. The summed E-state index contributed by atoms with van der Waals surface area (Å²) in [5, 5.41) is 29.6. The molecule has 0 aliphatic carbocycles. The molecular formula is C4H8N2O8. The maximum atomic E-state index is 9.10.